The first-order valence-electron chi connectivity index (χ1n) is 6.07. The molecule has 90 valence electrons. The van der Waals surface area contributed by atoms with Gasteiger partial charge < -0.3 is 10.1 Å². The third-order valence-corrected chi connectivity index (χ3v) is 4.29. The van der Waals surface area contributed by atoms with Crippen molar-refractivity contribution in [3.05, 3.63) is 21.4 Å². The Labute approximate surface area is 102 Å². The minimum atomic E-state index is 0.417. The van der Waals surface area contributed by atoms with Gasteiger partial charge in [-0.2, -0.15) is 0 Å². The molecule has 2 nitrogen and oxygen atoms in total. The summed E-state index contributed by atoms with van der Waals surface area (Å²) >= 11 is 1.88. The van der Waals surface area contributed by atoms with E-state index in [1.54, 1.807) is 0 Å². The number of hydrogen-bond acceptors (Lipinski definition) is 3. The van der Waals surface area contributed by atoms with E-state index < -0.39 is 0 Å². The average Bonchev–Trinajstić information content (AvgIpc) is 2.84. The highest BCUT2D eigenvalue weighted by molar-refractivity contribution is 7.12. The van der Waals surface area contributed by atoms with Crippen molar-refractivity contribution in [2.45, 2.75) is 52.3 Å². The number of hydrogen-bond donors (Lipinski definition) is 1. The van der Waals surface area contributed by atoms with Crippen molar-refractivity contribution in [2.24, 2.45) is 0 Å². The van der Waals surface area contributed by atoms with Gasteiger partial charge in [-0.3, -0.25) is 0 Å². The van der Waals surface area contributed by atoms with Crippen molar-refractivity contribution < 1.29 is 4.74 Å². The first-order chi connectivity index (χ1) is 7.66. The van der Waals surface area contributed by atoms with E-state index in [1.807, 2.05) is 11.3 Å². The van der Waals surface area contributed by atoms with Gasteiger partial charge in [0.2, 0.25) is 0 Å². The van der Waals surface area contributed by atoms with E-state index in [-0.39, 0.29) is 0 Å². The van der Waals surface area contributed by atoms with E-state index in [0.717, 1.165) is 13.2 Å². The lowest BCUT2D eigenvalue weighted by Crippen LogP contribution is -2.36. The highest BCUT2D eigenvalue weighted by Crippen LogP contribution is 2.21. The van der Waals surface area contributed by atoms with Gasteiger partial charge in [-0.05, 0) is 45.2 Å². The minimum Gasteiger partial charge on any atom is -0.377 e. The van der Waals surface area contributed by atoms with Crippen LogP contribution in [0.1, 0.15) is 35.1 Å². The second-order valence-corrected chi connectivity index (χ2v) is 6.12. The van der Waals surface area contributed by atoms with Gasteiger partial charge in [-0.1, -0.05) is 0 Å². The summed E-state index contributed by atoms with van der Waals surface area (Å²) in [5.41, 5.74) is 1.44. The Morgan fingerprint density at radius 1 is 1.56 bits per heavy atom. The van der Waals surface area contributed by atoms with E-state index in [2.05, 4.69) is 32.2 Å². The molecular formula is C13H21NOS. The zero-order valence-corrected chi connectivity index (χ0v) is 11.2. The summed E-state index contributed by atoms with van der Waals surface area (Å²) in [6.07, 6.45) is 2.84. The summed E-state index contributed by atoms with van der Waals surface area (Å²) in [6.45, 7) is 8.51. The zero-order valence-electron chi connectivity index (χ0n) is 10.4. The quantitative estimate of drug-likeness (QED) is 0.872. The Bertz CT molecular complexity index is 342. The van der Waals surface area contributed by atoms with Crippen molar-refractivity contribution in [1.29, 1.82) is 0 Å². The van der Waals surface area contributed by atoms with Crippen molar-refractivity contribution >= 4 is 11.3 Å². The molecule has 1 aliphatic heterocycles. The molecular weight excluding hydrogens is 218 g/mol. The predicted molar refractivity (Wildman–Crippen MR) is 69.1 cm³/mol. The van der Waals surface area contributed by atoms with Crippen molar-refractivity contribution in [1.82, 2.24) is 5.32 Å². The Morgan fingerprint density at radius 3 is 2.94 bits per heavy atom. The van der Waals surface area contributed by atoms with Crippen molar-refractivity contribution in [2.75, 3.05) is 6.61 Å². The summed E-state index contributed by atoms with van der Waals surface area (Å²) in [4.78, 5) is 2.84. The highest BCUT2D eigenvalue weighted by atomic mass is 32.1. The van der Waals surface area contributed by atoms with Gasteiger partial charge in [-0.15, -0.1) is 11.3 Å². The summed E-state index contributed by atoms with van der Waals surface area (Å²) in [7, 11) is 0. The van der Waals surface area contributed by atoms with Crippen LogP contribution in [0, 0.1) is 13.8 Å². The molecule has 1 fully saturated rings. The van der Waals surface area contributed by atoms with Gasteiger partial charge in [0.15, 0.2) is 0 Å². The second kappa shape index (κ2) is 5.30. The molecule has 1 N–H and O–H groups in total. The van der Waals surface area contributed by atoms with Crippen LogP contribution in [-0.4, -0.2) is 18.8 Å². The van der Waals surface area contributed by atoms with E-state index in [9.17, 15) is 0 Å². The molecule has 0 aliphatic carbocycles. The molecule has 1 aromatic rings. The number of nitrogens with one attached hydrogen (secondary N) is 1. The molecule has 2 heterocycles. The summed E-state index contributed by atoms with van der Waals surface area (Å²) < 4.78 is 5.68. The Morgan fingerprint density at radius 2 is 2.38 bits per heavy atom. The number of rotatable bonds is 4. The van der Waals surface area contributed by atoms with E-state index in [4.69, 9.17) is 4.74 Å². The second-order valence-electron chi connectivity index (χ2n) is 4.66. The maximum Gasteiger partial charge on any atom is 0.0726 e. The van der Waals surface area contributed by atoms with E-state index in [1.165, 1.54) is 28.2 Å². The highest BCUT2D eigenvalue weighted by Gasteiger charge is 2.21. The molecule has 0 amide bonds. The SMILES string of the molecule is Cc1cc(CNC(C)C2CCCO2)c(C)s1. The van der Waals surface area contributed by atoms with E-state index in [0.29, 0.717) is 12.1 Å². The largest absolute Gasteiger partial charge is 0.377 e. The standard InChI is InChI=1S/C13H21NOS/c1-9-7-12(11(3)16-9)8-14-10(2)13-5-4-6-15-13/h7,10,13-14H,4-6,8H2,1-3H3. The van der Waals surface area contributed by atoms with Crippen LogP contribution in [0.4, 0.5) is 0 Å². The molecule has 0 aromatic carbocycles. The molecule has 1 saturated heterocycles. The summed E-state index contributed by atoms with van der Waals surface area (Å²) in [6, 6.07) is 2.75. The summed E-state index contributed by atoms with van der Waals surface area (Å²) in [5.74, 6) is 0. The van der Waals surface area contributed by atoms with Crippen LogP contribution in [0.15, 0.2) is 6.07 Å². The van der Waals surface area contributed by atoms with Crippen LogP contribution in [0.3, 0.4) is 0 Å². The van der Waals surface area contributed by atoms with Crippen LogP contribution in [-0.2, 0) is 11.3 Å². The number of thiophene rings is 1. The van der Waals surface area contributed by atoms with Gasteiger partial charge in [0.1, 0.15) is 0 Å². The smallest absolute Gasteiger partial charge is 0.0726 e. The fourth-order valence-electron chi connectivity index (χ4n) is 2.26. The van der Waals surface area contributed by atoms with E-state index >= 15 is 0 Å². The molecule has 2 unspecified atom stereocenters. The third kappa shape index (κ3) is 2.84. The Balaban J connectivity index is 1.84. The normalized spacial score (nSPS) is 22.6. The van der Waals surface area contributed by atoms with Gasteiger partial charge in [0.05, 0.1) is 6.10 Å². The molecule has 3 heteroatoms. The van der Waals surface area contributed by atoms with Gasteiger partial charge in [0, 0.05) is 28.9 Å². The first kappa shape index (κ1) is 12.1. The lowest BCUT2D eigenvalue weighted by Gasteiger charge is -2.19. The zero-order chi connectivity index (χ0) is 11.5. The van der Waals surface area contributed by atoms with Crippen LogP contribution >= 0.6 is 11.3 Å². The third-order valence-electron chi connectivity index (χ3n) is 3.28. The van der Waals surface area contributed by atoms with Gasteiger partial charge in [0.25, 0.3) is 0 Å². The molecule has 1 aliphatic rings. The molecule has 0 saturated carbocycles. The molecule has 1 aromatic heterocycles. The molecule has 2 rings (SSSR count). The van der Waals surface area contributed by atoms with Crippen LogP contribution in [0.2, 0.25) is 0 Å². The van der Waals surface area contributed by atoms with Crippen LogP contribution in [0.5, 0.6) is 0 Å². The van der Waals surface area contributed by atoms with Crippen molar-refractivity contribution in [3.63, 3.8) is 0 Å². The maximum atomic E-state index is 5.68. The topological polar surface area (TPSA) is 21.3 Å². The fourth-order valence-corrected chi connectivity index (χ4v) is 3.20. The number of ether oxygens (including phenoxy) is 1. The Hall–Kier alpha value is -0.380. The monoisotopic (exact) mass is 239 g/mol. The molecule has 0 radical (unpaired) electrons. The fraction of sp³-hybridized carbons (Fsp3) is 0.692. The maximum absolute atomic E-state index is 5.68. The lowest BCUT2D eigenvalue weighted by molar-refractivity contribution is 0.0832. The molecule has 0 spiro atoms. The van der Waals surface area contributed by atoms with Gasteiger partial charge >= 0.3 is 0 Å². The van der Waals surface area contributed by atoms with Crippen LogP contribution < -0.4 is 5.32 Å². The van der Waals surface area contributed by atoms with Crippen LogP contribution in [0.25, 0.3) is 0 Å². The van der Waals surface area contributed by atoms with Crippen molar-refractivity contribution in [3.8, 4) is 0 Å². The number of aryl methyl sites for hydroxylation is 2. The average molecular weight is 239 g/mol. The molecule has 0 bridgehead atoms. The summed E-state index contributed by atoms with van der Waals surface area (Å²) in [5, 5.41) is 3.58. The minimum absolute atomic E-state index is 0.417. The first-order valence-corrected chi connectivity index (χ1v) is 6.89. The lowest BCUT2D eigenvalue weighted by atomic mass is 10.1. The predicted octanol–water partition coefficient (Wildman–Crippen LogP) is 3.02. The Kier molecular flexibility index (Phi) is 4.00. The van der Waals surface area contributed by atoms with Gasteiger partial charge in [-0.25, -0.2) is 0 Å². The molecule has 16 heavy (non-hydrogen) atoms. The molecule has 2 atom stereocenters.